The standard InChI is InChI=1S/C27H28N2O3/c1-5-19(4)31-23-12-10-21(11-13-23)26(30)28-16-20-6-8-22(9-7-20)27-29-24-14-17(2)18(3)15-25(24)32-27/h6-15,19H,5,16H2,1-4H3,(H,28,30)/t19-/m0/s1. The zero-order valence-electron chi connectivity index (χ0n) is 18.9. The third kappa shape index (κ3) is 4.83. The minimum Gasteiger partial charge on any atom is -0.491 e. The molecule has 0 aliphatic heterocycles. The Bertz CT molecular complexity index is 1190. The van der Waals surface area contributed by atoms with Gasteiger partial charge in [-0.2, -0.15) is 0 Å². The highest BCUT2D eigenvalue weighted by molar-refractivity contribution is 5.94. The molecule has 0 unspecified atom stereocenters. The van der Waals surface area contributed by atoms with E-state index in [1.807, 2.05) is 55.5 Å². The Hall–Kier alpha value is -3.60. The molecule has 0 aliphatic carbocycles. The van der Waals surface area contributed by atoms with Crippen LogP contribution in [0.1, 0.15) is 47.3 Å². The van der Waals surface area contributed by atoms with Crippen molar-refractivity contribution in [1.82, 2.24) is 10.3 Å². The molecule has 0 fully saturated rings. The Labute approximate surface area is 188 Å². The highest BCUT2D eigenvalue weighted by Gasteiger charge is 2.11. The first-order valence-corrected chi connectivity index (χ1v) is 10.9. The zero-order chi connectivity index (χ0) is 22.7. The fourth-order valence-electron chi connectivity index (χ4n) is 3.35. The van der Waals surface area contributed by atoms with Gasteiger partial charge in [-0.1, -0.05) is 19.1 Å². The van der Waals surface area contributed by atoms with E-state index in [1.165, 1.54) is 11.1 Å². The van der Waals surface area contributed by atoms with Gasteiger partial charge in [0, 0.05) is 17.7 Å². The van der Waals surface area contributed by atoms with Crippen LogP contribution < -0.4 is 10.1 Å². The summed E-state index contributed by atoms with van der Waals surface area (Å²) >= 11 is 0. The van der Waals surface area contributed by atoms with Crippen molar-refractivity contribution in [1.29, 1.82) is 0 Å². The first-order chi connectivity index (χ1) is 15.4. The second kappa shape index (κ2) is 9.27. The largest absolute Gasteiger partial charge is 0.491 e. The van der Waals surface area contributed by atoms with E-state index in [0.29, 0.717) is 18.0 Å². The number of carbonyl (C=O) groups is 1. The van der Waals surface area contributed by atoms with Gasteiger partial charge in [0.2, 0.25) is 5.89 Å². The SMILES string of the molecule is CC[C@H](C)Oc1ccc(C(=O)NCc2ccc(-c3nc4cc(C)c(C)cc4o3)cc2)cc1. The summed E-state index contributed by atoms with van der Waals surface area (Å²) < 4.78 is 11.7. The average Bonchev–Trinajstić information content (AvgIpc) is 3.21. The number of aryl methyl sites for hydroxylation is 2. The number of benzene rings is 3. The predicted molar refractivity (Wildman–Crippen MR) is 127 cm³/mol. The summed E-state index contributed by atoms with van der Waals surface area (Å²) in [5.41, 5.74) is 6.55. The van der Waals surface area contributed by atoms with Crippen LogP contribution in [0, 0.1) is 13.8 Å². The normalized spacial score (nSPS) is 12.0. The van der Waals surface area contributed by atoms with Crippen LogP contribution in [0.3, 0.4) is 0 Å². The molecule has 4 aromatic rings. The van der Waals surface area contributed by atoms with E-state index in [1.54, 1.807) is 12.1 Å². The van der Waals surface area contributed by atoms with Gasteiger partial charge >= 0.3 is 0 Å². The van der Waals surface area contributed by atoms with E-state index in [9.17, 15) is 4.79 Å². The number of carbonyl (C=O) groups excluding carboxylic acids is 1. The third-order valence-corrected chi connectivity index (χ3v) is 5.69. The summed E-state index contributed by atoms with van der Waals surface area (Å²) in [5, 5.41) is 2.96. The monoisotopic (exact) mass is 428 g/mol. The van der Waals surface area contributed by atoms with E-state index in [-0.39, 0.29) is 12.0 Å². The molecule has 0 radical (unpaired) electrons. The third-order valence-electron chi connectivity index (χ3n) is 5.69. The van der Waals surface area contributed by atoms with Crippen molar-refractivity contribution in [2.75, 3.05) is 0 Å². The van der Waals surface area contributed by atoms with Gasteiger partial charge in [0.25, 0.3) is 5.91 Å². The van der Waals surface area contributed by atoms with Crippen molar-refractivity contribution in [3.8, 4) is 17.2 Å². The number of fused-ring (bicyclic) bond motifs is 1. The smallest absolute Gasteiger partial charge is 0.251 e. The van der Waals surface area contributed by atoms with Crippen molar-refractivity contribution in [3.63, 3.8) is 0 Å². The van der Waals surface area contributed by atoms with Gasteiger partial charge < -0.3 is 14.5 Å². The molecule has 0 saturated carbocycles. The zero-order valence-corrected chi connectivity index (χ0v) is 18.9. The lowest BCUT2D eigenvalue weighted by Gasteiger charge is -2.12. The minimum absolute atomic E-state index is 0.117. The maximum absolute atomic E-state index is 12.5. The molecule has 3 aromatic carbocycles. The molecule has 1 N–H and O–H groups in total. The Balaban J connectivity index is 1.38. The van der Waals surface area contributed by atoms with Crippen molar-refractivity contribution in [3.05, 3.63) is 82.9 Å². The predicted octanol–water partition coefficient (Wildman–Crippen LogP) is 6.22. The number of amides is 1. The Morgan fingerprint density at radius 3 is 2.41 bits per heavy atom. The number of rotatable bonds is 7. The molecule has 5 nitrogen and oxygen atoms in total. The molecule has 1 amide bonds. The highest BCUT2D eigenvalue weighted by Crippen LogP contribution is 2.26. The number of nitrogens with one attached hydrogen (secondary N) is 1. The number of oxazole rings is 1. The molecule has 0 saturated heterocycles. The van der Waals surface area contributed by atoms with Crippen molar-refractivity contribution < 1.29 is 13.9 Å². The summed E-state index contributed by atoms with van der Waals surface area (Å²) in [6.07, 6.45) is 1.09. The van der Waals surface area contributed by atoms with Crippen LogP contribution in [-0.4, -0.2) is 17.0 Å². The van der Waals surface area contributed by atoms with Crippen LogP contribution in [-0.2, 0) is 6.54 Å². The van der Waals surface area contributed by atoms with Crippen LogP contribution in [0.4, 0.5) is 0 Å². The molecule has 5 heteroatoms. The quantitative estimate of drug-likeness (QED) is 0.380. The maximum Gasteiger partial charge on any atom is 0.251 e. The number of nitrogens with zero attached hydrogens (tertiary/aromatic N) is 1. The van der Waals surface area contributed by atoms with Crippen molar-refractivity contribution in [2.45, 2.75) is 46.8 Å². The number of hydrogen-bond donors (Lipinski definition) is 1. The fourth-order valence-corrected chi connectivity index (χ4v) is 3.35. The van der Waals surface area contributed by atoms with Crippen molar-refractivity contribution >= 4 is 17.0 Å². The first kappa shape index (κ1) is 21.6. The Morgan fingerprint density at radius 2 is 1.72 bits per heavy atom. The van der Waals surface area contributed by atoms with Crippen molar-refractivity contribution in [2.24, 2.45) is 0 Å². The second-order valence-electron chi connectivity index (χ2n) is 8.16. The topological polar surface area (TPSA) is 64.4 Å². The molecule has 1 heterocycles. The van der Waals surface area contributed by atoms with E-state index < -0.39 is 0 Å². The summed E-state index contributed by atoms with van der Waals surface area (Å²) in [6, 6.07) is 19.2. The Kier molecular flexibility index (Phi) is 6.26. The van der Waals surface area contributed by atoms with Gasteiger partial charge in [0.1, 0.15) is 11.3 Å². The van der Waals surface area contributed by atoms with E-state index in [2.05, 4.69) is 31.1 Å². The van der Waals surface area contributed by atoms with Gasteiger partial charge in [0.15, 0.2) is 5.58 Å². The Morgan fingerprint density at radius 1 is 1.03 bits per heavy atom. The first-order valence-electron chi connectivity index (χ1n) is 10.9. The van der Waals surface area contributed by atoms with Crippen LogP contribution in [0.25, 0.3) is 22.6 Å². The number of aromatic nitrogens is 1. The van der Waals surface area contributed by atoms with E-state index in [0.717, 1.165) is 34.4 Å². The molecule has 4 rings (SSSR count). The molecule has 32 heavy (non-hydrogen) atoms. The van der Waals surface area contributed by atoms with Gasteiger partial charge in [0.05, 0.1) is 6.10 Å². The molecular weight excluding hydrogens is 400 g/mol. The van der Waals surface area contributed by atoms with E-state index in [4.69, 9.17) is 9.15 Å². The minimum atomic E-state index is -0.117. The van der Waals surface area contributed by atoms with Gasteiger partial charge in [-0.25, -0.2) is 4.98 Å². The maximum atomic E-state index is 12.5. The van der Waals surface area contributed by atoms with Gasteiger partial charge in [-0.15, -0.1) is 0 Å². The molecule has 0 bridgehead atoms. The lowest BCUT2D eigenvalue weighted by Crippen LogP contribution is -2.22. The van der Waals surface area contributed by atoms with E-state index >= 15 is 0 Å². The fraction of sp³-hybridized carbons (Fsp3) is 0.259. The highest BCUT2D eigenvalue weighted by atomic mass is 16.5. The number of ether oxygens (including phenoxy) is 1. The lowest BCUT2D eigenvalue weighted by molar-refractivity contribution is 0.0951. The molecular formula is C27H28N2O3. The summed E-state index contributed by atoms with van der Waals surface area (Å²) in [5.74, 6) is 1.25. The molecule has 164 valence electrons. The lowest BCUT2D eigenvalue weighted by atomic mass is 10.1. The summed E-state index contributed by atoms with van der Waals surface area (Å²) in [7, 11) is 0. The van der Waals surface area contributed by atoms with Crippen LogP contribution in [0.15, 0.2) is 65.1 Å². The van der Waals surface area contributed by atoms with Crippen LogP contribution in [0.5, 0.6) is 5.75 Å². The van der Waals surface area contributed by atoms with Gasteiger partial charge in [-0.05, 0) is 92.4 Å². The van der Waals surface area contributed by atoms with Gasteiger partial charge in [-0.3, -0.25) is 4.79 Å². The number of hydrogen-bond acceptors (Lipinski definition) is 4. The van der Waals surface area contributed by atoms with Crippen LogP contribution in [0.2, 0.25) is 0 Å². The molecule has 0 aliphatic rings. The second-order valence-corrected chi connectivity index (χ2v) is 8.16. The summed E-state index contributed by atoms with van der Waals surface area (Å²) in [6.45, 7) is 8.68. The summed E-state index contributed by atoms with van der Waals surface area (Å²) in [4.78, 5) is 17.1. The average molecular weight is 429 g/mol. The van der Waals surface area contributed by atoms with Crippen LogP contribution >= 0.6 is 0 Å². The molecule has 1 atom stereocenters. The molecule has 1 aromatic heterocycles. The molecule has 0 spiro atoms.